The highest BCUT2D eigenvalue weighted by molar-refractivity contribution is 8.00. The Morgan fingerprint density at radius 1 is 1.50 bits per heavy atom. The Morgan fingerprint density at radius 3 is 3.17 bits per heavy atom. The zero-order valence-corrected chi connectivity index (χ0v) is 11.2. The van der Waals surface area contributed by atoms with Crippen LogP contribution in [0.1, 0.15) is 12.6 Å². The monoisotopic (exact) mass is 263 g/mol. The highest BCUT2D eigenvalue weighted by Gasteiger charge is 2.22. The molecule has 18 heavy (non-hydrogen) atoms. The lowest BCUT2D eigenvalue weighted by atomic mass is 10.3. The van der Waals surface area contributed by atoms with Gasteiger partial charge in [0.15, 0.2) is 5.82 Å². The van der Waals surface area contributed by atoms with Crippen LogP contribution in [-0.2, 0) is 6.61 Å². The van der Waals surface area contributed by atoms with Gasteiger partial charge in [-0.25, -0.2) is 4.98 Å². The van der Waals surface area contributed by atoms with Crippen LogP contribution in [0.5, 0.6) is 0 Å². The molecule has 3 heterocycles. The summed E-state index contributed by atoms with van der Waals surface area (Å²) in [5.41, 5.74) is 1.80. The highest BCUT2D eigenvalue weighted by atomic mass is 32.2. The van der Waals surface area contributed by atoms with E-state index in [1.807, 2.05) is 40.6 Å². The third-order valence-corrected chi connectivity index (χ3v) is 4.43. The van der Waals surface area contributed by atoms with Gasteiger partial charge in [0.25, 0.3) is 0 Å². The van der Waals surface area contributed by atoms with Crippen molar-refractivity contribution in [2.75, 3.05) is 23.7 Å². The van der Waals surface area contributed by atoms with Crippen LogP contribution in [0.2, 0.25) is 0 Å². The summed E-state index contributed by atoms with van der Waals surface area (Å²) in [7, 11) is 0. The van der Waals surface area contributed by atoms with Crippen molar-refractivity contribution in [2.24, 2.45) is 0 Å². The molecule has 1 aliphatic rings. The molecule has 0 aliphatic carbocycles. The van der Waals surface area contributed by atoms with E-state index in [0.29, 0.717) is 5.25 Å². The van der Waals surface area contributed by atoms with Crippen molar-refractivity contribution < 1.29 is 5.11 Å². The Hall–Kier alpha value is -1.20. The lowest BCUT2D eigenvalue weighted by molar-refractivity contribution is 0.276. The number of hydrogen-bond acceptors (Lipinski definition) is 4. The first-order chi connectivity index (χ1) is 8.79. The molecule has 0 spiro atoms. The number of nitrogens with zero attached hydrogens (tertiary/aromatic N) is 3. The molecule has 96 valence electrons. The number of thioether (sulfide) groups is 1. The number of anilines is 1. The summed E-state index contributed by atoms with van der Waals surface area (Å²) in [5, 5.41) is 10.2. The largest absolute Gasteiger partial charge is 0.390 e. The second-order valence-corrected chi connectivity index (χ2v) is 6.14. The normalized spacial score (nSPS) is 20.6. The van der Waals surface area contributed by atoms with E-state index in [1.165, 1.54) is 0 Å². The van der Waals surface area contributed by atoms with E-state index in [1.54, 1.807) is 0 Å². The molecule has 3 rings (SSSR count). The van der Waals surface area contributed by atoms with Gasteiger partial charge in [0.2, 0.25) is 0 Å². The first kappa shape index (κ1) is 11.9. The van der Waals surface area contributed by atoms with Crippen molar-refractivity contribution >= 4 is 23.2 Å². The van der Waals surface area contributed by atoms with Crippen molar-refractivity contribution in [3.05, 3.63) is 30.1 Å². The number of imidazole rings is 1. The number of aromatic nitrogens is 2. The standard InChI is InChI=1S/C13H17N3OS/c1-10-8-15(6-7-18-10)13-11(9-17)16-5-3-2-4-12(16)14-13/h2-5,10,17H,6-9H2,1H3. The summed E-state index contributed by atoms with van der Waals surface area (Å²) in [6.45, 7) is 4.28. The molecule has 2 aromatic rings. The smallest absolute Gasteiger partial charge is 0.153 e. The summed E-state index contributed by atoms with van der Waals surface area (Å²) in [6, 6.07) is 5.92. The van der Waals surface area contributed by atoms with Gasteiger partial charge in [-0.3, -0.25) is 4.40 Å². The molecule has 0 bridgehead atoms. The van der Waals surface area contributed by atoms with Crippen molar-refractivity contribution in [3.63, 3.8) is 0 Å². The molecular formula is C13H17N3OS. The minimum Gasteiger partial charge on any atom is -0.390 e. The minimum absolute atomic E-state index is 0.0263. The molecule has 5 heteroatoms. The maximum atomic E-state index is 9.61. The molecule has 1 fully saturated rings. The van der Waals surface area contributed by atoms with E-state index in [-0.39, 0.29) is 6.61 Å². The molecule has 0 radical (unpaired) electrons. The number of aliphatic hydroxyl groups excluding tert-OH is 1. The number of aliphatic hydroxyl groups is 1. The van der Waals surface area contributed by atoms with E-state index < -0.39 is 0 Å². The second kappa shape index (κ2) is 4.82. The van der Waals surface area contributed by atoms with E-state index in [2.05, 4.69) is 16.8 Å². The fourth-order valence-corrected chi connectivity index (χ4v) is 3.46. The molecule has 0 aromatic carbocycles. The Bertz CT molecular complexity index is 554. The topological polar surface area (TPSA) is 40.8 Å². The maximum absolute atomic E-state index is 9.61. The molecule has 0 saturated carbocycles. The van der Waals surface area contributed by atoms with Gasteiger partial charge < -0.3 is 10.0 Å². The Balaban J connectivity index is 2.05. The van der Waals surface area contributed by atoms with Crippen LogP contribution < -0.4 is 4.90 Å². The fourth-order valence-electron chi connectivity index (χ4n) is 2.45. The molecule has 1 unspecified atom stereocenters. The maximum Gasteiger partial charge on any atom is 0.153 e. The first-order valence-electron chi connectivity index (χ1n) is 6.23. The Labute approximate surface area is 111 Å². The van der Waals surface area contributed by atoms with Gasteiger partial charge in [-0.2, -0.15) is 11.8 Å². The van der Waals surface area contributed by atoms with Gasteiger partial charge >= 0.3 is 0 Å². The predicted octanol–water partition coefficient (Wildman–Crippen LogP) is 1.77. The first-order valence-corrected chi connectivity index (χ1v) is 7.28. The molecule has 1 aliphatic heterocycles. The van der Waals surface area contributed by atoms with Gasteiger partial charge in [0.1, 0.15) is 5.65 Å². The summed E-state index contributed by atoms with van der Waals surface area (Å²) < 4.78 is 1.97. The molecule has 1 saturated heterocycles. The van der Waals surface area contributed by atoms with Gasteiger partial charge in [0.05, 0.1) is 12.3 Å². The lowest BCUT2D eigenvalue weighted by Crippen LogP contribution is -2.37. The fraction of sp³-hybridized carbons (Fsp3) is 0.462. The average Bonchev–Trinajstić information content (AvgIpc) is 2.77. The van der Waals surface area contributed by atoms with E-state index in [4.69, 9.17) is 0 Å². The van der Waals surface area contributed by atoms with Gasteiger partial charge in [-0.1, -0.05) is 13.0 Å². The number of fused-ring (bicyclic) bond motifs is 1. The minimum atomic E-state index is 0.0263. The second-order valence-electron chi connectivity index (χ2n) is 4.60. The average molecular weight is 263 g/mol. The van der Waals surface area contributed by atoms with Gasteiger partial charge in [-0.15, -0.1) is 0 Å². The molecule has 0 amide bonds. The zero-order valence-electron chi connectivity index (χ0n) is 10.4. The van der Waals surface area contributed by atoms with Crippen LogP contribution in [0, 0.1) is 0 Å². The van der Waals surface area contributed by atoms with Crippen LogP contribution in [0.25, 0.3) is 5.65 Å². The molecule has 1 N–H and O–H groups in total. The van der Waals surface area contributed by atoms with Crippen molar-refractivity contribution in [1.29, 1.82) is 0 Å². The predicted molar refractivity (Wildman–Crippen MR) is 75.2 cm³/mol. The number of rotatable bonds is 2. The third-order valence-electron chi connectivity index (χ3n) is 3.30. The number of hydrogen-bond donors (Lipinski definition) is 1. The van der Waals surface area contributed by atoms with Crippen LogP contribution in [-0.4, -0.2) is 38.6 Å². The molecule has 4 nitrogen and oxygen atoms in total. The Kier molecular flexibility index (Phi) is 3.18. The molecular weight excluding hydrogens is 246 g/mol. The van der Waals surface area contributed by atoms with Crippen LogP contribution in [0.3, 0.4) is 0 Å². The van der Waals surface area contributed by atoms with Crippen LogP contribution in [0.15, 0.2) is 24.4 Å². The van der Waals surface area contributed by atoms with Crippen molar-refractivity contribution in [2.45, 2.75) is 18.8 Å². The van der Waals surface area contributed by atoms with Gasteiger partial charge in [-0.05, 0) is 12.1 Å². The summed E-state index contributed by atoms with van der Waals surface area (Å²) in [6.07, 6.45) is 1.96. The summed E-state index contributed by atoms with van der Waals surface area (Å²) >= 11 is 2.00. The molecule has 1 atom stereocenters. The Morgan fingerprint density at radius 2 is 2.39 bits per heavy atom. The van der Waals surface area contributed by atoms with E-state index in [9.17, 15) is 5.11 Å². The third kappa shape index (κ3) is 1.97. The molecule has 2 aromatic heterocycles. The van der Waals surface area contributed by atoms with E-state index >= 15 is 0 Å². The van der Waals surface area contributed by atoms with Crippen LogP contribution in [0.4, 0.5) is 5.82 Å². The SMILES string of the molecule is CC1CN(c2nc3ccccn3c2CO)CCS1. The van der Waals surface area contributed by atoms with E-state index in [0.717, 1.165) is 36.0 Å². The quantitative estimate of drug-likeness (QED) is 0.896. The number of pyridine rings is 1. The van der Waals surface area contributed by atoms with Gasteiger partial charge in [0, 0.05) is 30.3 Å². The highest BCUT2D eigenvalue weighted by Crippen LogP contribution is 2.27. The summed E-state index contributed by atoms with van der Waals surface area (Å²) in [4.78, 5) is 6.95. The van der Waals surface area contributed by atoms with Crippen LogP contribution >= 0.6 is 11.8 Å². The van der Waals surface area contributed by atoms with Crippen molar-refractivity contribution in [3.8, 4) is 0 Å². The summed E-state index contributed by atoms with van der Waals surface area (Å²) in [5.74, 6) is 2.07. The lowest BCUT2D eigenvalue weighted by Gasteiger charge is -2.31. The van der Waals surface area contributed by atoms with Crippen molar-refractivity contribution in [1.82, 2.24) is 9.38 Å². The zero-order chi connectivity index (χ0) is 12.5.